The molecule has 3 aromatic rings. The van der Waals surface area contributed by atoms with Gasteiger partial charge in [-0.05, 0) is 56.2 Å². The molecule has 0 saturated heterocycles. The number of aryl methyl sites for hydroxylation is 1. The van der Waals surface area contributed by atoms with E-state index >= 15 is 0 Å². The summed E-state index contributed by atoms with van der Waals surface area (Å²) in [5.41, 5.74) is 6.35. The van der Waals surface area contributed by atoms with Crippen molar-refractivity contribution in [1.82, 2.24) is 4.98 Å². The Hall–Kier alpha value is -2.81. The number of ketones is 1. The molecule has 1 aromatic heterocycles. The van der Waals surface area contributed by atoms with Gasteiger partial charge in [-0.15, -0.1) is 0 Å². The molecule has 3 heteroatoms. The Morgan fingerprint density at radius 3 is 2.52 bits per heavy atom. The number of hydrogen-bond donors (Lipinski definition) is 2. The van der Waals surface area contributed by atoms with Crippen LogP contribution in [0, 0.1) is 6.92 Å². The van der Waals surface area contributed by atoms with Crippen LogP contribution in [0.5, 0.6) is 0 Å². The Bertz CT molecular complexity index is 889. The Balaban J connectivity index is 1.99. The molecule has 0 saturated carbocycles. The second-order valence-corrected chi connectivity index (χ2v) is 5.87. The monoisotopic (exact) mass is 304 g/mol. The highest BCUT2D eigenvalue weighted by Crippen LogP contribution is 2.28. The molecule has 0 unspecified atom stereocenters. The van der Waals surface area contributed by atoms with Gasteiger partial charge in [0.15, 0.2) is 5.78 Å². The molecule has 0 aliphatic rings. The molecule has 0 aliphatic carbocycles. The number of fused-ring (bicyclic) bond motifs is 1. The zero-order valence-corrected chi connectivity index (χ0v) is 13.6. The number of benzene rings is 2. The fraction of sp³-hybridized carbons (Fsp3) is 0.150. The standard InChI is InChI=1S/C20H20N2O/c1-13-9-17-11-19(16-7-5-4-6-8-16)22-20(17)12-18(13)21-14(2)10-15(3)23/h4-12,21-22H,1-3H3/b14-10-. The van der Waals surface area contributed by atoms with E-state index in [1.807, 2.05) is 25.1 Å². The molecule has 116 valence electrons. The fourth-order valence-electron chi connectivity index (χ4n) is 2.76. The van der Waals surface area contributed by atoms with Gasteiger partial charge in [-0.1, -0.05) is 30.3 Å². The Morgan fingerprint density at radius 2 is 1.83 bits per heavy atom. The van der Waals surface area contributed by atoms with E-state index < -0.39 is 0 Å². The molecule has 0 fully saturated rings. The van der Waals surface area contributed by atoms with Crippen LogP contribution >= 0.6 is 0 Å². The maximum absolute atomic E-state index is 11.2. The van der Waals surface area contributed by atoms with Gasteiger partial charge in [0.05, 0.1) is 0 Å². The van der Waals surface area contributed by atoms with E-state index in [0.717, 1.165) is 28.2 Å². The third-order valence-electron chi connectivity index (χ3n) is 3.80. The minimum Gasteiger partial charge on any atom is -0.359 e. The molecule has 0 bridgehead atoms. The van der Waals surface area contributed by atoms with Gasteiger partial charge >= 0.3 is 0 Å². The number of aromatic amines is 1. The summed E-state index contributed by atoms with van der Waals surface area (Å²) in [6.07, 6.45) is 1.60. The zero-order chi connectivity index (χ0) is 16.4. The molecule has 2 aromatic carbocycles. The van der Waals surface area contributed by atoms with Crippen molar-refractivity contribution in [3.63, 3.8) is 0 Å². The lowest BCUT2D eigenvalue weighted by Gasteiger charge is -2.10. The van der Waals surface area contributed by atoms with Gasteiger partial charge in [-0.2, -0.15) is 0 Å². The number of rotatable bonds is 4. The van der Waals surface area contributed by atoms with Crippen molar-refractivity contribution >= 4 is 22.4 Å². The third kappa shape index (κ3) is 3.34. The zero-order valence-electron chi connectivity index (χ0n) is 13.6. The maximum atomic E-state index is 11.2. The van der Waals surface area contributed by atoms with Gasteiger partial charge in [0.2, 0.25) is 0 Å². The fourth-order valence-corrected chi connectivity index (χ4v) is 2.76. The summed E-state index contributed by atoms with van der Waals surface area (Å²) in [5.74, 6) is 0.0416. The van der Waals surface area contributed by atoms with Crippen molar-refractivity contribution in [1.29, 1.82) is 0 Å². The lowest BCUT2D eigenvalue weighted by atomic mass is 10.1. The lowest BCUT2D eigenvalue weighted by Crippen LogP contribution is -2.00. The second-order valence-electron chi connectivity index (χ2n) is 5.87. The molecule has 0 atom stereocenters. The first-order chi connectivity index (χ1) is 11.0. The summed E-state index contributed by atoms with van der Waals surface area (Å²) in [5, 5.41) is 4.48. The SMILES string of the molecule is CC(=O)/C=C(/C)Nc1cc2[nH]c(-c3ccccc3)cc2cc1C. The quantitative estimate of drug-likeness (QED) is 0.663. The van der Waals surface area contributed by atoms with Crippen molar-refractivity contribution in [2.45, 2.75) is 20.8 Å². The largest absolute Gasteiger partial charge is 0.359 e. The molecule has 2 N–H and O–H groups in total. The van der Waals surface area contributed by atoms with E-state index in [0.29, 0.717) is 0 Å². The van der Waals surface area contributed by atoms with Gasteiger partial charge in [0, 0.05) is 28.0 Å². The minimum atomic E-state index is 0.0416. The van der Waals surface area contributed by atoms with Gasteiger partial charge < -0.3 is 10.3 Å². The highest BCUT2D eigenvalue weighted by atomic mass is 16.1. The Morgan fingerprint density at radius 1 is 1.09 bits per heavy atom. The maximum Gasteiger partial charge on any atom is 0.154 e. The summed E-state index contributed by atoms with van der Waals surface area (Å²) < 4.78 is 0. The average molecular weight is 304 g/mol. The van der Waals surface area contributed by atoms with Crippen LogP contribution in [-0.4, -0.2) is 10.8 Å². The van der Waals surface area contributed by atoms with Crippen LogP contribution in [0.25, 0.3) is 22.2 Å². The van der Waals surface area contributed by atoms with E-state index in [2.05, 4.69) is 47.6 Å². The molecule has 0 spiro atoms. The van der Waals surface area contributed by atoms with Crippen LogP contribution in [0.4, 0.5) is 5.69 Å². The second kappa shape index (κ2) is 6.13. The highest BCUT2D eigenvalue weighted by molar-refractivity contribution is 5.91. The van der Waals surface area contributed by atoms with E-state index in [4.69, 9.17) is 0 Å². The van der Waals surface area contributed by atoms with Crippen molar-refractivity contribution in [3.8, 4) is 11.3 Å². The van der Waals surface area contributed by atoms with Crippen molar-refractivity contribution < 1.29 is 4.79 Å². The van der Waals surface area contributed by atoms with Crippen molar-refractivity contribution in [2.24, 2.45) is 0 Å². The van der Waals surface area contributed by atoms with Crippen LogP contribution in [0.3, 0.4) is 0 Å². The number of allylic oxidation sites excluding steroid dienone is 2. The average Bonchev–Trinajstić information content (AvgIpc) is 2.90. The number of anilines is 1. The number of carbonyl (C=O) groups is 1. The summed E-state index contributed by atoms with van der Waals surface area (Å²) in [7, 11) is 0. The molecule has 0 amide bonds. The molecule has 3 nitrogen and oxygen atoms in total. The van der Waals surface area contributed by atoms with Crippen LogP contribution in [0.15, 0.2) is 60.3 Å². The smallest absolute Gasteiger partial charge is 0.154 e. The van der Waals surface area contributed by atoms with Crippen LogP contribution in [0.2, 0.25) is 0 Å². The van der Waals surface area contributed by atoms with E-state index in [1.54, 1.807) is 13.0 Å². The first-order valence-corrected chi connectivity index (χ1v) is 7.67. The van der Waals surface area contributed by atoms with Crippen molar-refractivity contribution in [3.05, 3.63) is 65.9 Å². The van der Waals surface area contributed by atoms with E-state index in [9.17, 15) is 4.79 Å². The van der Waals surface area contributed by atoms with E-state index in [1.165, 1.54) is 10.9 Å². The summed E-state index contributed by atoms with van der Waals surface area (Å²) in [4.78, 5) is 14.6. The van der Waals surface area contributed by atoms with Crippen LogP contribution < -0.4 is 5.32 Å². The number of nitrogens with one attached hydrogen (secondary N) is 2. The van der Waals surface area contributed by atoms with Gasteiger partial charge in [0.25, 0.3) is 0 Å². The van der Waals surface area contributed by atoms with Gasteiger partial charge in [0.1, 0.15) is 0 Å². The number of carbonyl (C=O) groups excluding carboxylic acids is 1. The molecular formula is C20H20N2O. The Kier molecular flexibility index (Phi) is 4.02. The third-order valence-corrected chi connectivity index (χ3v) is 3.80. The highest BCUT2D eigenvalue weighted by Gasteiger charge is 2.07. The van der Waals surface area contributed by atoms with Crippen LogP contribution in [0.1, 0.15) is 19.4 Å². The first kappa shape index (κ1) is 15.1. The molecular weight excluding hydrogens is 284 g/mol. The molecule has 0 aliphatic heterocycles. The molecule has 0 radical (unpaired) electrons. The molecule has 3 rings (SSSR count). The minimum absolute atomic E-state index is 0.0416. The summed E-state index contributed by atoms with van der Waals surface area (Å²) in [6.45, 7) is 5.52. The summed E-state index contributed by atoms with van der Waals surface area (Å²) in [6, 6.07) is 16.7. The van der Waals surface area contributed by atoms with Crippen molar-refractivity contribution in [2.75, 3.05) is 5.32 Å². The predicted molar refractivity (Wildman–Crippen MR) is 96.5 cm³/mol. The summed E-state index contributed by atoms with van der Waals surface area (Å²) >= 11 is 0. The normalized spacial score (nSPS) is 11.7. The van der Waals surface area contributed by atoms with E-state index in [-0.39, 0.29) is 5.78 Å². The molecule has 1 heterocycles. The van der Waals surface area contributed by atoms with Crippen LogP contribution in [-0.2, 0) is 4.79 Å². The first-order valence-electron chi connectivity index (χ1n) is 7.67. The molecule has 23 heavy (non-hydrogen) atoms. The number of hydrogen-bond acceptors (Lipinski definition) is 2. The number of H-pyrrole nitrogens is 1. The van der Waals surface area contributed by atoms with Gasteiger partial charge in [-0.25, -0.2) is 0 Å². The predicted octanol–water partition coefficient (Wildman–Crippen LogP) is 5.05. The Labute approximate surface area is 136 Å². The topological polar surface area (TPSA) is 44.9 Å². The lowest BCUT2D eigenvalue weighted by molar-refractivity contribution is -0.112. The van der Waals surface area contributed by atoms with Gasteiger partial charge in [-0.3, -0.25) is 4.79 Å². The number of aromatic nitrogens is 1.